The summed E-state index contributed by atoms with van der Waals surface area (Å²) in [5, 5.41) is 0. The van der Waals surface area contributed by atoms with Crippen LogP contribution in [0, 0.1) is 13.8 Å². The first-order chi connectivity index (χ1) is 11.7. The highest BCUT2D eigenvalue weighted by Gasteiger charge is 2.16. The minimum atomic E-state index is -0.235. The van der Waals surface area contributed by atoms with Crippen molar-refractivity contribution in [2.45, 2.75) is 20.5 Å². The Morgan fingerprint density at radius 1 is 1.00 bits per heavy atom. The number of hydroxylamine groups is 1. The first-order valence-electron chi connectivity index (χ1n) is 7.87. The molecule has 0 unspecified atom stereocenters. The smallest absolute Gasteiger partial charge is 0.276 e. The molecule has 4 nitrogen and oxygen atoms in total. The first-order valence-corrected chi connectivity index (χ1v) is 7.87. The lowest BCUT2D eigenvalue weighted by Gasteiger charge is -2.10. The van der Waals surface area contributed by atoms with E-state index in [1.807, 2.05) is 80.6 Å². The number of hydrogen-bond donors (Lipinski definition) is 1. The number of nitrogens with one attached hydrogen (secondary N) is 1. The summed E-state index contributed by atoms with van der Waals surface area (Å²) < 4.78 is 2.06. The van der Waals surface area contributed by atoms with Crippen molar-refractivity contribution in [2.24, 2.45) is 0 Å². The van der Waals surface area contributed by atoms with Crippen molar-refractivity contribution >= 4 is 5.91 Å². The Kier molecular flexibility index (Phi) is 4.77. The SMILES string of the molecule is Cc1cc(C(=O)NOCc2ccccc2)c(C)n1-c1ccccc1. The van der Waals surface area contributed by atoms with Gasteiger partial charge in [0.1, 0.15) is 0 Å². The van der Waals surface area contributed by atoms with E-state index >= 15 is 0 Å². The molecule has 3 rings (SSSR count). The fraction of sp³-hybridized carbons (Fsp3) is 0.150. The van der Waals surface area contributed by atoms with Crippen LogP contribution in [0.1, 0.15) is 27.3 Å². The quantitative estimate of drug-likeness (QED) is 0.723. The van der Waals surface area contributed by atoms with Gasteiger partial charge in [-0.3, -0.25) is 9.63 Å². The van der Waals surface area contributed by atoms with Crippen molar-refractivity contribution in [3.8, 4) is 5.69 Å². The molecular weight excluding hydrogens is 300 g/mol. The van der Waals surface area contributed by atoms with Gasteiger partial charge in [-0.15, -0.1) is 0 Å². The monoisotopic (exact) mass is 320 g/mol. The Labute approximate surface area is 141 Å². The third-order valence-electron chi connectivity index (χ3n) is 3.94. The second-order valence-corrected chi connectivity index (χ2v) is 5.66. The molecule has 0 saturated heterocycles. The first kappa shape index (κ1) is 16.0. The maximum absolute atomic E-state index is 12.4. The second kappa shape index (κ2) is 7.15. The summed E-state index contributed by atoms with van der Waals surface area (Å²) in [5.74, 6) is -0.235. The van der Waals surface area contributed by atoms with Crippen molar-refractivity contribution in [1.29, 1.82) is 0 Å². The van der Waals surface area contributed by atoms with Crippen molar-refractivity contribution in [3.05, 3.63) is 89.2 Å². The minimum absolute atomic E-state index is 0.235. The van der Waals surface area contributed by atoms with E-state index in [9.17, 15) is 4.79 Å². The second-order valence-electron chi connectivity index (χ2n) is 5.66. The molecule has 0 bridgehead atoms. The van der Waals surface area contributed by atoms with Crippen LogP contribution < -0.4 is 5.48 Å². The van der Waals surface area contributed by atoms with Gasteiger partial charge in [0.15, 0.2) is 0 Å². The van der Waals surface area contributed by atoms with Gasteiger partial charge in [-0.1, -0.05) is 48.5 Å². The number of rotatable bonds is 5. The van der Waals surface area contributed by atoms with E-state index in [2.05, 4.69) is 10.0 Å². The predicted octanol–water partition coefficient (Wildman–Crippen LogP) is 3.96. The molecular formula is C20H20N2O2. The standard InChI is InChI=1S/C20H20N2O2/c1-15-13-19(16(2)22(15)18-11-7-4-8-12-18)20(23)21-24-14-17-9-5-3-6-10-17/h3-13H,14H2,1-2H3,(H,21,23). The summed E-state index contributed by atoms with van der Waals surface area (Å²) in [6, 6.07) is 21.6. The molecule has 0 aliphatic carbocycles. The molecule has 3 aromatic rings. The molecule has 0 atom stereocenters. The maximum Gasteiger partial charge on any atom is 0.276 e. The van der Waals surface area contributed by atoms with Crippen LogP contribution >= 0.6 is 0 Å². The van der Waals surface area contributed by atoms with Gasteiger partial charge >= 0.3 is 0 Å². The van der Waals surface area contributed by atoms with E-state index in [0.717, 1.165) is 22.6 Å². The summed E-state index contributed by atoms with van der Waals surface area (Å²) in [4.78, 5) is 17.7. The number of para-hydroxylation sites is 1. The highest BCUT2D eigenvalue weighted by atomic mass is 16.6. The van der Waals surface area contributed by atoms with Crippen LogP contribution in [-0.2, 0) is 11.4 Å². The third-order valence-corrected chi connectivity index (χ3v) is 3.94. The Morgan fingerprint density at radius 2 is 1.62 bits per heavy atom. The lowest BCUT2D eigenvalue weighted by atomic mass is 10.2. The van der Waals surface area contributed by atoms with Gasteiger partial charge < -0.3 is 4.57 Å². The fourth-order valence-corrected chi connectivity index (χ4v) is 2.78. The molecule has 1 amide bonds. The molecule has 24 heavy (non-hydrogen) atoms. The van der Waals surface area contributed by atoms with E-state index < -0.39 is 0 Å². The number of benzene rings is 2. The van der Waals surface area contributed by atoms with Crippen LogP contribution in [-0.4, -0.2) is 10.5 Å². The lowest BCUT2D eigenvalue weighted by Crippen LogP contribution is -2.24. The van der Waals surface area contributed by atoms with Gasteiger partial charge in [-0.25, -0.2) is 5.48 Å². The zero-order valence-corrected chi connectivity index (χ0v) is 13.8. The molecule has 0 saturated carbocycles. The molecule has 0 aliphatic rings. The van der Waals surface area contributed by atoms with Crippen LogP contribution in [0.5, 0.6) is 0 Å². The minimum Gasteiger partial charge on any atom is -0.318 e. The van der Waals surface area contributed by atoms with E-state index in [1.165, 1.54) is 0 Å². The Morgan fingerprint density at radius 3 is 2.29 bits per heavy atom. The number of hydrogen-bond acceptors (Lipinski definition) is 2. The van der Waals surface area contributed by atoms with Gasteiger partial charge in [0.25, 0.3) is 5.91 Å². The van der Waals surface area contributed by atoms with E-state index in [-0.39, 0.29) is 5.91 Å². The maximum atomic E-state index is 12.4. The highest BCUT2D eigenvalue weighted by molar-refractivity contribution is 5.95. The topological polar surface area (TPSA) is 43.3 Å². The summed E-state index contributed by atoms with van der Waals surface area (Å²) in [6.07, 6.45) is 0. The van der Waals surface area contributed by atoms with Crippen molar-refractivity contribution in [1.82, 2.24) is 10.0 Å². The van der Waals surface area contributed by atoms with Crippen LogP contribution in [0.25, 0.3) is 5.69 Å². The Bertz CT molecular complexity index is 824. The molecule has 0 spiro atoms. The summed E-state index contributed by atoms with van der Waals surface area (Å²) in [7, 11) is 0. The van der Waals surface area contributed by atoms with Gasteiger partial charge in [-0.2, -0.15) is 0 Å². The lowest BCUT2D eigenvalue weighted by molar-refractivity contribution is 0.0233. The number of nitrogens with zero attached hydrogens (tertiary/aromatic N) is 1. The van der Waals surface area contributed by atoms with E-state index in [4.69, 9.17) is 4.84 Å². The van der Waals surface area contributed by atoms with Crippen LogP contribution in [0.3, 0.4) is 0 Å². The number of carbonyl (C=O) groups is 1. The van der Waals surface area contributed by atoms with Crippen LogP contribution in [0.2, 0.25) is 0 Å². The van der Waals surface area contributed by atoms with Gasteiger partial charge in [0.05, 0.1) is 12.2 Å². The third kappa shape index (κ3) is 3.39. The highest BCUT2D eigenvalue weighted by Crippen LogP contribution is 2.20. The molecule has 4 heteroatoms. The van der Waals surface area contributed by atoms with Crippen molar-refractivity contribution in [3.63, 3.8) is 0 Å². The average Bonchev–Trinajstić information content (AvgIpc) is 2.91. The van der Waals surface area contributed by atoms with Gasteiger partial charge in [0.2, 0.25) is 0 Å². The number of aryl methyl sites for hydroxylation is 1. The Hall–Kier alpha value is -2.85. The van der Waals surface area contributed by atoms with E-state index in [1.54, 1.807) is 0 Å². The zero-order chi connectivity index (χ0) is 16.9. The van der Waals surface area contributed by atoms with Gasteiger partial charge in [-0.05, 0) is 37.6 Å². The molecule has 1 heterocycles. The van der Waals surface area contributed by atoms with Crippen molar-refractivity contribution < 1.29 is 9.63 Å². The molecule has 1 aromatic heterocycles. The number of amides is 1. The van der Waals surface area contributed by atoms with E-state index in [0.29, 0.717) is 12.2 Å². The fourth-order valence-electron chi connectivity index (χ4n) is 2.78. The molecule has 2 aromatic carbocycles. The summed E-state index contributed by atoms with van der Waals surface area (Å²) >= 11 is 0. The molecule has 1 N–H and O–H groups in total. The Balaban J connectivity index is 1.72. The van der Waals surface area contributed by atoms with Gasteiger partial charge in [0, 0.05) is 17.1 Å². The normalized spacial score (nSPS) is 10.6. The van der Waals surface area contributed by atoms with Crippen LogP contribution in [0.15, 0.2) is 66.7 Å². The molecule has 0 radical (unpaired) electrons. The summed E-state index contributed by atoms with van der Waals surface area (Å²) in [6.45, 7) is 4.26. The molecule has 0 fully saturated rings. The number of carbonyl (C=O) groups excluding carboxylic acids is 1. The molecule has 122 valence electrons. The zero-order valence-electron chi connectivity index (χ0n) is 13.8. The largest absolute Gasteiger partial charge is 0.318 e. The van der Waals surface area contributed by atoms with Crippen LogP contribution in [0.4, 0.5) is 0 Å². The predicted molar refractivity (Wildman–Crippen MR) is 93.9 cm³/mol. The average molecular weight is 320 g/mol. The van der Waals surface area contributed by atoms with Crippen molar-refractivity contribution in [2.75, 3.05) is 0 Å². The summed E-state index contributed by atoms with van der Waals surface area (Å²) in [5.41, 5.74) is 7.08. The molecule has 0 aliphatic heterocycles. The number of aromatic nitrogens is 1.